The van der Waals surface area contributed by atoms with Gasteiger partial charge in [0.25, 0.3) is 0 Å². The zero-order valence-corrected chi connectivity index (χ0v) is 15.4. The fourth-order valence-corrected chi connectivity index (χ4v) is 3.49. The van der Waals surface area contributed by atoms with Gasteiger partial charge in [-0.25, -0.2) is 4.79 Å². The van der Waals surface area contributed by atoms with Crippen LogP contribution in [0.5, 0.6) is 17.2 Å². The van der Waals surface area contributed by atoms with Crippen molar-refractivity contribution >= 4 is 23.5 Å². The highest BCUT2D eigenvalue weighted by molar-refractivity contribution is 6.31. The number of esters is 2. The Morgan fingerprint density at radius 3 is 2.48 bits per heavy atom. The van der Waals surface area contributed by atoms with E-state index in [0.717, 1.165) is 14.2 Å². The molecule has 2 aliphatic rings. The molecule has 9 nitrogen and oxygen atoms in total. The van der Waals surface area contributed by atoms with E-state index >= 15 is 0 Å². The molecule has 148 valence electrons. The van der Waals surface area contributed by atoms with Crippen molar-refractivity contribution in [2.75, 3.05) is 21.0 Å². The summed E-state index contributed by atoms with van der Waals surface area (Å²) in [5.74, 6) is -3.28. The van der Waals surface area contributed by atoms with E-state index in [9.17, 15) is 24.3 Å². The Bertz CT molecular complexity index is 1110. The molecule has 0 amide bonds. The number of hydrogen-bond acceptors (Lipinski definition) is 9. The van der Waals surface area contributed by atoms with Crippen LogP contribution in [-0.4, -0.2) is 49.6 Å². The van der Waals surface area contributed by atoms with Crippen LogP contribution in [-0.2, 0) is 20.7 Å². The molecule has 2 aromatic rings. The Kier molecular flexibility index (Phi) is 4.22. The number of methoxy groups -OCH3 is 2. The topological polar surface area (TPSA) is 125 Å². The first-order valence-electron chi connectivity index (χ1n) is 8.45. The molecule has 0 radical (unpaired) electrons. The van der Waals surface area contributed by atoms with Crippen molar-refractivity contribution in [1.29, 1.82) is 0 Å². The first-order valence-corrected chi connectivity index (χ1v) is 8.45. The second-order valence-corrected chi connectivity index (χ2v) is 6.31. The molecule has 0 saturated carbocycles. The van der Waals surface area contributed by atoms with Crippen LogP contribution in [0.1, 0.15) is 47.8 Å². The Balaban J connectivity index is 1.98. The van der Waals surface area contributed by atoms with Gasteiger partial charge in [0.2, 0.25) is 12.6 Å². The van der Waals surface area contributed by atoms with Crippen molar-refractivity contribution in [2.45, 2.75) is 6.42 Å². The van der Waals surface area contributed by atoms with Crippen molar-refractivity contribution < 1.29 is 43.2 Å². The fourth-order valence-electron chi connectivity index (χ4n) is 3.49. The van der Waals surface area contributed by atoms with Crippen molar-refractivity contribution in [3.05, 3.63) is 51.6 Å². The number of aromatic hydroxyl groups is 1. The maximum Gasteiger partial charge on any atom is 0.341 e. The van der Waals surface area contributed by atoms with Crippen molar-refractivity contribution in [3.63, 3.8) is 0 Å². The molecule has 29 heavy (non-hydrogen) atoms. The number of ether oxygens (including phenoxy) is 4. The van der Waals surface area contributed by atoms with E-state index in [1.807, 2.05) is 0 Å². The summed E-state index contributed by atoms with van der Waals surface area (Å²) >= 11 is 0. The largest absolute Gasteiger partial charge is 0.506 e. The number of carbonyl (C=O) groups excluding carboxylic acids is 4. The molecular formula is C20H14O9. The van der Waals surface area contributed by atoms with E-state index in [-0.39, 0.29) is 45.9 Å². The minimum Gasteiger partial charge on any atom is -0.506 e. The van der Waals surface area contributed by atoms with Crippen molar-refractivity contribution in [2.24, 2.45) is 0 Å². The van der Waals surface area contributed by atoms with Crippen LogP contribution in [0.2, 0.25) is 0 Å². The highest BCUT2D eigenvalue weighted by atomic mass is 16.7. The Morgan fingerprint density at radius 2 is 1.79 bits per heavy atom. The second kappa shape index (κ2) is 6.62. The fraction of sp³-hybridized carbons (Fsp3) is 0.200. The van der Waals surface area contributed by atoms with Crippen molar-refractivity contribution in [3.8, 4) is 17.2 Å². The Labute approximate surface area is 163 Å². The van der Waals surface area contributed by atoms with Crippen LogP contribution in [0.15, 0.2) is 18.2 Å². The minimum absolute atomic E-state index is 0.00490. The van der Waals surface area contributed by atoms with Gasteiger partial charge in [-0.2, -0.15) is 0 Å². The molecule has 2 aromatic carbocycles. The second-order valence-electron chi connectivity index (χ2n) is 6.31. The molecule has 0 atom stereocenters. The molecule has 9 heteroatoms. The number of phenols is 1. The summed E-state index contributed by atoms with van der Waals surface area (Å²) in [5, 5.41) is 10.8. The van der Waals surface area contributed by atoms with Crippen LogP contribution < -0.4 is 9.47 Å². The molecule has 0 spiro atoms. The molecule has 4 rings (SSSR count). The SMILES string of the molecule is COC(=O)Cc1cc2c(c(O)c1C(=O)OC)C(=O)c1c(ccc3c1OCO3)C2=O. The summed E-state index contributed by atoms with van der Waals surface area (Å²) in [4.78, 5) is 50.3. The van der Waals surface area contributed by atoms with E-state index in [2.05, 4.69) is 9.47 Å². The van der Waals surface area contributed by atoms with E-state index in [4.69, 9.17) is 9.47 Å². The minimum atomic E-state index is -0.965. The summed E-state index contributed by atoms with van der Waals surface area (Å²) in [6, 6.07) is 4.17. The smallest absolute Gasteiger partial charge is 0.341 e. The Hall–Kier alpha value is -3.88. The number of benzene rings is 2. The van der Waals surface area contributed by atoms with E-state index in [1.54, 1.807) is 0 Å². The molecule has 0 bridgehead atoms. The molecular weight excluding hydrogens is 384 g/mol. The third kappa shape index (κ3) is 2.62. The molecule has 0 saturated heterocycles. The molecule has 0 unspecified atom stereocenters. The number of ketones is 2. The predicted molar refractivity (Wildman–Crippen MR) is 94.6 cm³/mol. The van der Waals surface area contributed by atoms with Crippen molar-refractivity contribution in [1.82, 2.24) is 0 Å². The normalized spacial score (nSPS) is 13.6. The van der Waals surface area contributed by atoms with Gasteiger partial charge in [-0.1, -0.05) is 0 Å². The summed E-state index contributed by atoms with van der Waals surface area (Å²) in [7, 11) is 2.25. The third-order valence-electron chi connectivity index (χ3n) is 4.82. The molecule has 0 fully saturated rings. The summed E-state index contributed by atoms with van der Waals surface area (Å²) in [6.07, 6.45) is -0.406. The lowest BCUT2D eigenvalue weighted by Crippen LogP contribution is -2.24. The van der Waals surface area contributed by atoms with Gasteiger partial charge in [0.05, 0.1) is 31.8 Å². The predicted octanol–water partition coefficient (Wildman–Crippen LogP) is 1.40. The summed E-state index contributed by atoms with van der Waals surface area (Å²) < 4.78 is 19.9. The first kappa shape index (κ1) is 18.5. The van der Waals surface area contributed by atoms with Gasteiger partial charge in [0, 0.05) is 11.1 Å². The lowest BCUT2D eigenvalue weighted by Gasteiger charge is -2.22. The maximum atomic E-state index is 13.2. The summed E-state index contributed by atoms with van der Waals surface area (Å²) in [6.45, 7) is -0.114. The van der Waals surface area contributed by atoms with Gasteiger partial charge in [-0.15, -0.1) is 0 Å². The van der Waals surface area contributed by atoms with Crippen LogP contribution in [0.4, 0.5) is 0 Å². The zero-order valence-electron chi connectivity index (χ0n) is 15.4. The lowest BCUT2D eigenvalue weighted by molar-refractivity contribution is -0.139. The average molecular weight is 398 g/mol. The number of rotatable bonds is 3. The highest BCUT2D eigenvalue weighted by Gasteiger charge is 2.39. The lowest BCUT2D eigenvalue weighted by atomic mass is 9.80. The van der Waals surface area contributed by atoms with E-state index < -0.39 is 35.7 Å². The van der Waals surface area contributed by atoms with Gasteiger partial charge in [0.15, 0.2) is 17.3 Å². The van der Waals surface area contributed by atoms with E-state index in [1.165, 1.54) is 18.2 Å². The highest BCUT2D eigenvalue weighted by Crippen LogP contribution is 2.44. The number of phenolic OH excluding ortho intramolecular Hbond substituents is 1. The number of carbonyl (C=O) groups is 4. The van der Waals surface area contributed by atoms with Gasteiger partial charge in [-0.3, -0.25) is 14.4 Å². The van der Waals surface area contributed by atoms with Gasteiger partial charge >= 0.3 is 11.9 Å². The molecule has 1 aliphatic carbocycles. The number of hydrogen-bond donors (Lipinski definition) is 1. The number of fused-ring (bicyclic) bond motifs is 4. The molecule has 1 heterocycles. The maximum absolute atomic E-state index is 13.2. The molecule has 1 aliphatic heterocycles. The van der Waals surface area contributed by atoms with Gasteiger partial charge in [0.1, 0.15) is 11.3 Å². The van der Waals surface area contributed by atoms with Crippen LogP contribution >= 0.6 is 0 Å². The van der Waals surface area contributed by atoms with Crippen LogP contribution in [0.25, 0.3) is 0 Å². The Morgan fingerprint density at radius 1 is 1.03 bits per heavy atom. The van der Waals surface area contributed by atoms with Crippen LogP contribution in [0.3, 0.4) is 0 Å². The van der Waals surface area contributed by atoms with E-state index in [0.29, 0.717) is 5.75 Å². The monoisotopic (exact) mass is 398 g/mol. The van der Waals surface area contributed by atoms with Gasteiger partial charge < -0.3 is 24.1 Å². The molecule has 1 N–H and O–H groups in total. The molecule has 0 aromatic heterocycles. The first-order chi connectivity index (χ1) is 13.9. The average Bonchev–Trinajstić information content (AvgIpc) is 3.19. The summed E-state index contributed by atoms with van der Waals surface area (Å²) in [5.41, 5.74) is -0.854. The third-order valence-corrected chi connectivity index (χ3v) is 4.82. The van der Waals surface area contributed by atoms with Crippen LogP contribution in [0, 0.1) is 0 Å². The zero-order chi connectivity index (χ0) is 20.9. The van der Waals surface area contributed by atoms with Gasteiger partial charge in [-0.05, 0) is 23.8 Å². The standard InChI is InChI=1S/C20H14O9/c1-26-12(21)6-8-5-10-14(17(23)13(8)20(25)27-2)18(24)15-9(16(10)22)3-4-11-19(15)29-7-28-11/h3-5,23H,6-7H2,1-2H3. The quantitative estimate of drug-likeness (QED) is 0.652.